The third-order valence-electron chi connectivity index (χ3n) is 4.88. The van der Waals surface area contributed by atoms with Crippen LogP contribution < -0.4 is 0 Å². The summed E-state index contributed by atoms with van der Waals surface area (Å²) in [7, 11) is 0. The van der Waals surface area contributed by atoms with E-state index in [4.69, 9.17) is 0 Å². The van der Waals surface area contributed by atoms with Crippen molar-refractivity contribution in [1.29, 1.82) is 0 Å². The first-order valence-electron chi connectivity index (χ1n) is 8.84. The molecule has 0 unspecified atom stereocenters. The zero-order chi connectivity index (χ0) is 15.3. The van der Waals surface area contributed by atoms with E-state index in [1.54, 1.807) is 0 Å². The predicted octanol–water partition coefficient (Wildman–Crippen LogP) is 4.92. The van der Waals surface area contributed by atoms with Gasteiger partial charge in [-0.1, -0.05) is 85.0 Å². The fourth-order valence-electron chi connectivity index (χ4n) is 2.83. The zero-order valence-corrected chi connectivity index (χ0v) is 14.2. The second-order valence-electron chi connectivity index (χ2n) is 6.77. The fraction of sp³-hybridized carbons (Fsp3) is 1.00. The van der Waals surface area contributed by atoms with E-state index in [-0.39, 0.29) is 18.6 Å². The molecule has 0 heterocycles. The van der Waals surface area contributed by atoms with Crippen LogP contribution in [0, 0.1) is 11.3 Å². The lowest BCUT2D eigenvalue weighted by Crippen LogP contribution is -2.35. The van der Waals surface area contributed by atoms with Gasteiger partial charge in [-0.2, -0.15) is 0 Å². The van der Waals surface area contributed by atoms with Gasteiger partial charge < -0.3 is 10.2 Å². The Morgan fingerprint density at radius 3 is 1.45 bits per heavy atom. The minimum Gasteiger partial charge on any atom is -0.396 e. The number of hydrogen-bond acceptors (Lipinski definition) is 2. The molecule has 0 aliphatic rings. The average molecular weight is 286 g/mol. The van der Waals surface area contributed by atoms with Gasteiger partial charge in [0, 0.05) is 5.41 Å². The summed E-state index contributed by atoms with van der Waals surface area (Å²) in [6.07, 6.45) is 14.3. The Bertz CT molecular complexity index is 198. The Kier molecular flexibility index (Phi) is 12.6. The van der Waals surface area contributed by atoms with E-state index in [1.165, 1.54) is 57.8 Å². The monoisotopic (exact) mass is 286 g/mol. The van der Waals surface area contributed by atoms with Crippen molar-refractivity contribution in [3.8, 4) is 0 Å². The van der Waals surface area contributed by atoms with Gasteiger partial charge in [0.05, 0.1) is 13.2 Å². The van der Waals surface area contributed by atoms with Crippen molar-refractivity contribution in [2.45, 2.75) is 91.4 Å². The Morgan fingerprint density at radius 2 is 1.10 bits per heavy atom. The highest BCUT2D eigenvalue weighted by atomic mass is 16.3. The molecule has 20 heavy (non-hydrogen) atoms. The summed E-state index contributed by atoms with van der Waals surface area (Å²) in [5, 5.41) is 19.1. The van der Waals surface area contributed by atoms with E-state index in [2.05, 4.69) is 20.8 Å². The maximum absolute atomic E-state index is 9.53. The lowest BCUT2D eigenvalue weighted by atomic mass is 9.74. The van der Waals surface area contributed by atoms with Gasteiger partial charge in [-0.25, -0.2) is 0 Å². The number of hydrogen-bond donors (Lipinski definition) is 2. The van der Waals surface area contributed by atoms with Crippen LogP contribution in [0.3, 0.4) is 0 Å². The molecule has 0 fully saturated rings. The van der Waals surface area contributed by atoms with Gasteiger partial charge in [0.2, 0.25) is 0 Å². The van der Waals surface area contributed by atoms with Crippen molar-refractivity contribution in [3.05, 3.63) is 0 Å². The summed E-state index contributed by atoms with van der Waals surface area (Å²) in [6.45, 7) is 6.68. The number of rotatable bonds is 14. The Hall–Kier alpha value is -0.0800. The molecule has 0 aromatic heterocycles. The summed E-state index contributed by atoms with van der Waals surface area (Å²) < 4.78 is 0. The Balaban J connectivity index is 3.51. The van der Waals surface area contributed by atoms with Crippen molar-refractivity contribution in [2.24, 2.45) is 11.3 Å². The quantitative estimate of drug-likeness (QED) is 0.445. The second kappa shape index (κ2) is 12.6. The van der Waals surface area contributed by atoms with Crippen molar-refractivity contribution in [1.82, 2.24) is 0 Å². The molecular formula is C18H38O2. The van der Waals surface area contributed by atoms with Crippen LogP contribution >= 0.6 is 0 Å². The highest BCUT2D eigenvalue weighted by Crippen LogP contribution is 2.32. The van der Waals surface area contributed by atoms with Gasteiger partial charge >= 0.3 is 0 Å². The molecule has 0 rings (SSSR count). The summed E-state index contributed by atoms with van der Waals surface area (Å²) in [5.74, 6) is 0.344. The fourth-order valence-corrected chi connectivity index (χ4v) is 2.83. The first kappa shape index (κ1) is 19.9. The molecule has 0 aromatic rings. The van der Waals surface area contributed by atoms with Crippen molar-refractivity contribution in [2.75, 3.05) is 13.2 Å². The topological polar surface area (TPSA) is 40.5 Å². The molecule has 0 aliphatic heterocycles. The molecule has 0 amide bonds. The van der Waals surface area contributed by atoms with Crippen LogP contribution in [0.4, 0.5) is 0 Å². The average Bonchev–Trinajstić information content (AvgIpc) is 2.45. The largest absolute Gasteiger partial charge is 0.396 e. The van der Waals surface area contributed by atoms with E-state index in [9.17, 15) is 10.2 Å². The maximum Gasteiger partial charge on any atom is 0.0511 e. The van der Waals surface area contributed by atoms with E-state index in [0.717, 1.165) is 12.8 Å². The number of aliphatic hydroxyl groups is 2. The Labute approximate surface area is 127 Å². The standard InChI is InChI=1S/C18H38O2/c1-4-5-6-7-8-9-10-11-12-13-14-18(15-19,16-20)17(2)3/h17,19-20H,4-16H2,1-3H3. The van der Waals surface area contributed by atoms with Gasteiger partial charge in [0.1, 0.15) is 0 Å². The summed E-state index contributed by atoms with van der Waals surface area (Å²) in [5.41, 5.74) is -0.264. The lowest BCUT2D eigenvalue weighted by molar-refractivity contribution is 0.00687. The van der Waals surface area contributed by atoms with E-state index in [1.807, 2.05) is 0 Å². The number of unbranched alkanes of at least 4 members (excludes halogenated alkanes) is 9. The number of aliphatic hydroxyl groups excluding tert-OH is 2. The van der Waals surface area contributed by atoms with Crippen LogP contribution in [0.15, 0.2) is 0 Å². The second-order valence-corrected chi connectivity index (χ2v) is 6.77. The van der Waals surface area contributed by atoms with Crippen molar-refractivity contribution >= 4 is 0 Å². The highest BCUT2D eigenvalue weighted by molar-refractivity contribution is 4.81. The SMILES string of the molecule is CCCCCCCCCCCCC(CO)(CO)C(C)C. The highest BCUT2D eigenvalue weighted by Gasteiger charge is 2.31. The molecule has 2 nitrogen and oxygen atoms in total. The van der Waals surface area contributed by atoms with E-state index >= 15 is 0 Å². The minimum atomic E-state index is -0.264. The first-order chi connectivity index (χ1) is 9.63. The smallest absolute Gasteiger partial charge is 0.0511 e. The van der Waals surface area contributed by atoms with Crippen LogP contribution in [0.2, 0.25) is 0 Å². The van der Waals surface area contributed by atoms with Crippen LogP contribution in [-0.2, 0) is 0 Å². The summed E-state index contributed by atoms with van der Waals surface area (Å²) in [4.78, 5) is 0. The molecule has 0 spiro atoms. The third kappa shape index (κ3) is 8.26. The summed E-state index contributed by atoms with van der Waals surface area (Å²) in [6, 6.07) is 0. The van der Waals surface area contributed by atoms with Gasteiger partial charge in [-0.3, -0.25) is 0 Å². The van der Waals surface area contributed by atoms with Crippen LogP contribution in [0.25, 0.3) is 0 Å². The third-order valence-corrected chi connectivity index (χ3v) is 4.88. The first-order valence-corrected chi connectivity index (χ1v) is 8.84. The predicted molar refractivity (Wildman–Crippen MR) is 87.9 cm³/mol. The zero-order valence-electron chi connectivity index (χ0n) is 14.2. The molecule has 2 N–H and O–H groups in total. The molecule has 0 saturated carbocycles. The molecule has 122 valence electrons. The van der Waals surface area contributed by atoms with Gasteiger partial charge in [0.15, 0.2) is 0 Å². The molecule has 0 aliphatic carbocycles. The molecular weight excluding hydrogens is 248 g/mol. The van der Waals surface area contributed by atoms with Gasteiger partial charge in [-0.15, -0.1) is 0 Å². The van der Waals surface area contributed by atoms with Crippen molar-refractivity contribution < 1.29 is 10.2 Å². The minimum absolute atomic E-state index is 0.110. The molecule has 0 aromatic carbocycles. The lowest BCUT2D eigenvalue weighted by Gasteiger charge is -2.34. The normalized spacial score (nSPS) is 12.3. The van der Waals surface area contributed by atoms with E-state index < -0.39 is 0 Å². The molecule has 0 radical (unpaired) electrons. The van der Waals surface area contributed by atoms with Crippen molar-refractivity contribution in [3.63, 3.8) is 0 Å². The van der Waals surface area contributed by atoms with Gasteiger partial charge in [0.25, 0.3) is 0 Å². The maximum atomic E-state index is 9.53. The molecule has 0 atom stereocenters. The summed E-state index contributed by atoms with van der Waals surface area (Å²) >= 11 is 0. The molecule has 0 bridgehead atoms. The van der Waals surface area contributed by atoms with Gasteiger partial charge in [-0.05, 0) is 12.3 Å². The van der Waals surface area contributed by atoms with Crippen LogP contribution in [0.1, 0.15) is 91.4 Å². The van der Waals surface area contributed by atoms with Crippen LogP contribution in [-0.4, -0.2) is 23.4 Å². The molecule has 0 saturated heterocycles. The molecule has 2 heteroatoms. The van der Waals surface area contributed by atoms with E-state index in [0.29, 0.717) is 5.92 Å². The van der Waals surface area contributed by atoms with Crippen LogP contribution in [0.5, 0.6) is 0 Å². The Morgan fingerprint density at radius 1 is 0.700 bits per heavy atom.